The number of halogens is 2. The van der Waals surface area contributed by atoms with Crippen molar-refractivity contribution in [3.05, 3.63) is 48.3 Å². The molecule has 0 amide bonds. The second-order valence-corrected chi connectivity index (χ2v) is 3.28. The van der Waals surface area contributed by atoms with Crippen LogP contribution in [-0.2, 0) is 0 Å². The van der Waals surface area contributed by atoms with E-state index in [-0.39, 0.29) is 5.69 Å². The predicted octanol–water partition coefficient (Wildman–Crippen LogP) is 2.17. The van der Waals surface area contributed by atoms with Crippen molar-refractivity contribution in [3.63, 3.8) is 0 Å². The van der Waals surface area contributed by atoms with Gasteiger partial charge in [0, 0.05) is 6.20 Å². The summed E-state index contributed by atoms with van der Waals surface area (Å²) in [6, 6.07) is 10.2. The van der Waals surface area contributed by atoms with E-state index < -0.39 is 12.5 Å². The highest BCUT2D eigenvalue weighted by atomic mass is 19.3. The number of benzene rings is 1. The molecule has 0 aliphatic carbocycles. The number of aliphatic hydroxyl groups is 1. The summed E-state index contributed by atoms with van der Waals surface area (Å²) in [5.41, 5.74) is 0.725. The van der Waals surface area contributed by atoms with E-state index in [1.807, 2.05) is 6.07 Å². The first-order chi connectivity index (χ1) is 7.70. The molecular weight excluding hydrogens is 214 g/mol. The molecule has 0 radical (unpaired) electrons. The molecule has 0 spiro atoms. The van der Waals surface area contributed by atoms with E-state index in [0.29, 0.717) is 5.69 Å². The molecule has 1 aromatic carbocycles. The van der Waals surface area contributed by atoms with Crippen molar-refractivity contribution in [3.8, 4) is 5.69 Å². The molecule has 0 saturated carbocycles. The van der Waals surface area contributed by atoms with Gasteiger partial charge in [-0.05, 0) is 18.2 Å². The Hall–Kier alpha value is -1.75. The number of aromatic nitrogens is 2. The third kappa shape index (κ3) is 1.94. The van der Waals surface area contributed by atoms with Gasteiger partial charge in [-0.15, -0.1) is 0 Å². The van der Waals surface area contributed by atoms with Crippen molar-refractivity contribution in [2.75, 3.05) is 0 Å². The Morgan fingerprint density at radius 1 is 1.12 bits per heavy atom. The molecule has 0 bridgehead atoms. The fourth-order valence-corrected chi connectivity index (χ4v) is 1.45. The van der Waals surface area contributed by atoms with E-state index in [0.717, 1.165) is 0 Å². The molecule has 1 heterocycles. The molecule has 1 aromatic heterocycles. The summed E-state index contributed by atoms with van der Waals surface area (Å²) >= 11 is 0. The van der Waals surface area contributed by atoms with Gasteiger partial charge in [0.05, 0.1) is 11.4 Å². The third-order valence-corrected chi connectivity index (χ3v) is 2.21. The first kappa shape index (κ1) is 10.8. The van der Waals surface area contributed by atoms with E-state index in [1.165, 1.54) is 16.9 Å². The molecule has 2 rings (SSSR count). The zero-order valence-corrected chi connectivity index (χ0v) is 8.29. The summed E-state index contributed by atoms with van der Waals surface area (Å²) in [6.07, 6.45) is -3.25. The van der Waals surface area contributed by atoms with Gasteiger partial charge in [0.2, 0.25) is 0 Å². The van der Waals surface area contributed by atoms with Crippen LogP contribution in [0, 0.1) is 0 Å². The van der Waals surface area contributed by atoms with Crippen molar-refractivity contribution in [1.82, 2.24) is 9.78 Å². The van der Waals surface area contributed by atoms with Crippen molar-refractivity contribution in [1.29, 1.82) is 0 Å². The van der Waals surface area contributed by atoms with Crippen molar-refractivity contribution < 1.29 is 13.9 Å². The molecule has 1 N–H and O–H groups in total. The number of rotatable bonds is 3. The molecule has 3 nitrogen and oxygen atoms in total. The molecule has 16 heavy (non-hydrogen) atoms. The molecule has 1 atom stereocenters. The van der Waals surface area contributed by atoms with Gasteiger partial charge in [-0.3, -0.25) is 0 Å². The van der Waals surface area contributed by atoms with Crippen molar-refractivity contribution in [2.24, 2.45) is 0 Å². The summed E-state index contributed by atoms with van der Waals surface area (Å²) < 4.78 is 26.1. The smallest absolute Gasteiger partial charge is 0.269 e. The number of alkyl halides is 2. The zero-order valence-electron chi connectivity index (χ0n) is 8.29. The predicted molar refractivity (Wildman–Crippen MR) is 54.5 cm³/mol. The Bertz CT molecular complexity index is 456. The van der Waals surface area contributed by atoms with Crippen molar-refractivity contribution >= 4 is 0 Å². The van der Waals surface area contributed by atoms with Gasteiger partial charge < -0.3 is 5.11 Å². The van der Waals surface area contributed by atoms with Crippen molar-refractivity contribution in [2.45, 2.75) is 12.5 Å². The minimum atomic E-state index is -2.82. The van der Waals surface area contributed by atoms with Gasteiger partial charge in [-0.2, -0.15) is 5.10 Å². The lowest BCUT2D eigenvalue weighted by Crippen LogP contribution is -2.13. The van der Waals surface area contributed by atoms with E-state index in [4.69, 9.17) is 0 Å². The van der Waals surface area contributed by atoms with Crippen LogP contribution >= 0.6 is 0 Å². The standard InChI is InChI=1S/C11H10F2N2O/c12-11(13)10(16)9-6-7-14-15(9)8-4-2-1-3-5-8/h1-7,10-11,16H. The monoisotopic (exact) mass is 224 g/mol. The second-order valence-electron chi connectivity index (χ2n) is 3.28. The summed E-state index contributed by atoms with van der Waals surface area (Å²) in [6.45, 7) is 0. The molecule has 0 fully saturated rings. The molecule has 84 valence electrons. The molecule has 0 aliphatic heterocycles. The van der Waals surface area contributed by atoms with Crippen LogP contribution in [0.1, 0.15) is 11.8 Å². The fourth-order valence-electron chi connectivity index (χ4n) is 1.45. The molecule has 0 aliphatic rings. The molecule has 2 aromatic rings. The molecule has 0 saturated heterocycles. The normalized spacial score (nSPS) is 13.0. The summed E-state index contributed by atoms with van der Waals surface area (Å²) in [5, 5.41) is 13.2. The lowest BCUT2D eigenvalue weighted by atomic mass is 10.2. The van der Waals surface area contributed by atoms with Gasteiger partial charge >= 0.3 is 0 Å². The van der Waals surface area contributed by atoms with Gasteiger partial charge in [0.1, 0.15) is 0 Å². The highest BCUT2D eigenvalue weighted by Crippen LogP contribution is 2.22. The van der Waals surface area contributed by atoms with Crippen LogP contribution in [0.15, 0.2) is 42.6 Å². The van der Waals surface area contributed by atoms with Crippen LogP contribution in [0.3, 0.4) is 0 Å². The van der Waals surface area contributed by atoms with E-state index >= 15 is 0 Å². The Morgan fingerprint density at radius 2 is 1.81 bits per heavy atom. The second kappa shape index (κ2) is 4.40. The van der Waals surface area contributed by atoms with Crippen LogP contribution in [0.5, 0.6) is 0 Å². The highest BCUT2D eigenvalue weighted by molar-refractivity contribution is 5.32. The first-order valence-corrected chi connectivity index (χ1v) is 4.75. The SMILES string of the molecule is OC(c1ccnn1-c1ccccc1)C(F)F. The van der Waals surface area contributed by atoms with E-state index in [2.05, 4.69) is 5.10 Å². The highest BCUT2D eigenvalue weighted by Gasteiger charge is 2.23. The number of hydrogen-bond donors (Lipinski definition) is 1. The van der Waals surface area contributed by atoms with Gasteiger partial charge in [-0.25, -0.2) is 13.5 Å². The lowest BCUT2D eigenvalue weighted by Gasteiger charge is -2.12. The third-order valence-electron chi connectivity index (χ3n) is 2.21. The molecule has 5 heteroatoms. The Morgan fingerprint density at radius 3 is 2.44 bits per heavy atom. The van der Waals surface area contributed by atoms with Crippen LogP contribution in [-0.4, -0.2) is 21.3 Å². The van der Waals surface area contributed by atoms with Gasteiger partial charge in [0.25, 0.3) is 6.43 Å². The minimum Gasteiger partial charge on any atom is -0.381 e. The summed E-state index contributed by atoms with van der Waals surface area (Å²) in [4.78, 5) is 0. The maximum absolute atomic E-state index is 12.4. The van der Waals surface area contributed by atoms with Crippen LogP contribution < -0.4 is 0 Å². The topological polar surface area (TPSA) is 38.1 Å². The largest absolute Gasteiger partial charge is 0.381 e. The Labute approximate surface area is 91.0 Å². The molecule has 1 unspecified atom stereocenters. The van der Waals surface area contributed by atoms with Crippen LogP contribution in [0.2, 0.25) is 0 Å². The number of para-hydroxylation sites is 1. The number of hydrogen-bond acceptors (Lipinski definition) is 2. The maximum atomic E-state index is 12.4. The Kier molecular flexibility index (Phi) is 2.96. The van der Waals surface area contributed by atoms with Gasteiger partial charge in [-0.1, -0.05) is 18.2 Å². The van der Waals surface area contributed by atoms with Crippen LogP contribution in [0.4, 0.5) is 8.78 Å². The summed E-state index contributed by atoms with van der Waals surface area (Å²) in [5.74, 6) is 0. The zero-order chi connectivity index (χ0) is 11.5. The summed E-state index contributed by atoms with van der Waals surface area (Å²) in [7, 11) is 0. The van der Waals surface area contributed by atoms with Gasteiger partial charge in [0.15, 0.2) is 6.10 Å². The average molecular weight is 224 g/mol. The number of aliphatic hydroxyl groups excluding tert-OH is 1. The fraction of sp³-hybridized carbons (Fsp3) is 0.182. The Balaban J connectivity index is 2.40. The quantitative estimate of drug-likeness (QED) is 0.867. The number of nitrogens with zero attached hydrogens (tertiary/aromatic N) is 2. The van der Waals surface area contributed by atoms with Crippen LogP contribution in [0.25, 0.3) is 5.69 Å². The maximum Gasteiger partial charge on any atom is 0.269 e. The van der Waals surface area contributed by atoms with E-state index in [9.17, 15) is 13.9 Å². The first-order valence-electron chi connectivity index (χ1n) is 4.75. The average Bonchev–Trinajstić information content (AvgIpc) is 2.77. The lowest BCUT2D eigenvalue weighted by molar-refractivity contribution is -0.00951. The van der Waals surface area contributed by atoms with E-state index in [1.54, 1.807) is 24.3 Å². The molecular formula is C11H10F2N2O. The minimum absolute atomic E-state index is 0.0844.